The Morgan fingerprint density at radius 1 is 1.16 bits per heavy atom. The number of benzene rings is 2. The summed E-state index contributed by atoms with van der Waals surface area (Å²) < 4.78 is 10.3. The number of amides is 1. The van der Waals surface area contributed by atoms with Crippen LogP contribution in [0.15, 0.2) is 54.6 Å². The zero-order chi connectivity index (χ0) is 22.7. The topological polar surface area (TPSA) is 85.8 Å². The maximum atomic E-state index is 12.6. The number of hydrogen-bond donors (Lipinski definition) is 0. The van der Waals surface area contributed by atoms with E-state index in [1.807, 2.05) is 37.3 Å². The van der Waals surface area contributed by atoms with Crippen molar-refractivity contribution in [3.05, 3.63) is 65.0 Å². The molecule has 1 aliphatic rings. The fraction of sp³-hybridized carbons (Fsp3) is 0.250. The lowest BCUT2D eigenvalue weighted by atomic mass is 10.1. The van der Waals surface area contributed by atoms with E-state index in [1.54, 1.807) is 24.3 Å². The number of rotatable bonds is 7. The summed E-state index contributed by atoms with van der Waals surface area (Å²) in [5, 5.41) is 0.564. The number of nitrogens with zero attached hydrogens (tertiary/aromatic N) is 2. The van der Waals surface area contributed by atoms with E-state index in [2.05, 4.69) is 4.98 Å². The number of carbonyl (C=O) groups excluding carboxylic acids is 3. The molecule has 8 heteroatoms. The maximum absolute atomic E-state index is 12.6. The lowest BCUT2D eigenvalue weighted by Gasteiger charge is -2.13. The SMILES string of the molecule is COc1cccc(C(=O)COC(=O)[C@H]2CC(=O)N(c3nc(-c4ccccc4)c(C)s3)C2)c1. The van der Waals surface area contributed by atoms with Gasteiger partial charge in [0.05, 0.1) is 18.7 Å². The van der Waals surface area contributed by atoms with Gasteiger partial charge in [-0.1, -0.05) is 42.5 Å². The standard InChI is InChI=1S/C24H22N2O5S/c1-15-22(16-7-4-3-5-8-16)25-24(32-15)26-13-18(12-21(26)28)23(29)31-14-20(27)17-9-6-10-19(11-17)30-2/h3-11,18H,12-14H2,1-2H3/t18-/m0/s1. The summed E-state index contributed by atoms with van der Waals surface area (Å²) in [4.78, 5) is 44.6. The van der Waals surface area contributed by atoms with E-state index in [-0.39, 0.29) is 31.3 Å². The third-order valence-corrected chi connectivity index (χ3v) is 6.25. The summed E-state index contributed by atoms with van der Waals surface area (Å²) in [6.07, 6.45) is 0.0332. The van der Waals surface area contributed by atoms with Gasteiger partial charge in [0, 0.05) is 29.0 Å². The number of carbonyl (C=O) groups is 3. The number of hydrogen-bond acceptors (Lipinski definition) is 7. The molecule has 1 saturated heterocycles. The molecule has 0 spiro atoms. The molecule has 164 valence electrons. The minimum absolute atomic E-state index is 0.0332. The van der Waals surface area contributed by atoms with E-state index in [4.69, 9.17) is 9.47 Å². The monoisotopic (exact) mass is 450 g/mol. The van der Waals surface area contributed by atoms with Crippen molar-refractivity contribution in [1.29, 1.82) is 0 Å². The van der Waals surface area contributed by atoms with Crippen LogP contribution in [0.1, 0.15) is 21.7 Å². The Kier molecular flexibility index (Phi) is 6.32. The highest BCUT2D eigenvalue weighted by molar-refractivity contribution is 7.16. The van der Waals surface area contributed by atoms with Crippen molar-refractivity contribution in [3.8, 4) is 17.0 Å². The summed E-state index contributed by atoms with van der Waals surface area (Å²) in [7, 11) is 1.51. The van der Waals surface area contributed by atoms with Gasteiger partial charge in [-0.25, -0.2) is 4.98 Å². The lowest BCUT2D eigenvalue weighted by molar-refractivity contribution is -0.147. The fourth-order valence-electron chi connectivity index (χ4n) is 3.55. The van der Waals surface area contributed by atoms with Crippen molar-refractivity contribution in [1.82, 2.24) is 4.98 Å². The summed E-state index contributed by atoms with van der Waals surface area (Å²) in [6.45, 7) is 1.76. The van der Waals surface area contributed by atoms with Gasteiger partial charge in [0.25, 0.3) is 0 Å². The molecule has 1 aliphatic heterocycles. The molecule has 4 rings (SSSR count). The zero-order valence-corrected chi connectivity index (χ0v) is 18.6. The van der Waals surface area contributed by atoms with Crippen LogP contribution in [0.4, 0.5) is 5.13 Å². The quantitative estimate of drug-likeness (QED) is 0.401. The highest BCUT2D eigenvalue weighted by atomic mass is 32.1. The first-order chi connectivity index (χ1) is 15.5. The Bertz CT molecular complexity index is 1160. The lowest BCUT2D eigenvalue weighted by Crippen LogP contribution is -2.27. The van der Waals surface area contributed by atoms with Crippen molar-refractivity contribution in [2.24, 2.45) is 5.92 Å². The van der Waals surface area contributed by atoms with Crippen molar-refractivity contribution in [2.75, 3.05) is 25.2 Å². The summed E-state index contributed by atoms with van der Waals surface area (Å²) in [6, 6.07) is 16.4. The first-order valence-corrected chi connectivity index (χ1v) is 10.9. The van der Waals surface area contributed by atoms with Gasteiger partial charge in [0.1, 0.15) is 5.75 Å². The number of ether oxygens (including phenoxy) is 2. The van der Waals surface area contributed by atoms with E-state index < -0.39 is 11.9 Å². The largest absolute Gasteiger partial charge is 0.497 e. The average Bonchev–Trinajstić information content (AvgIpc) is 3.40. The molecule has 2 heterocycles. The third kappa shape index (κ3) is 4.55. The Hall–Kier alpha value is -3.52. The van der Waals surface area contributed by atoms with Gasteiger partial charge in [0.2, 0.25) is 5.91 Å². The van der Waals surface area contributed by atoms with Gasteiger partial charge in [-0.3, -0.25) is 19.3 Å². The van der Waals surface area contributed by atoms with Gasteiger partial charge in [0.15, 0.2) is 17.5 Å². The Morgan fingerprint density at radius 2 is 1.94 bits per heavy atom. The van der Waals surface area contributed by atoms with Gasteiger partial charge < -0.3 is 9.47 Å². The van der Waals surface area contributed by atoms with Crippen LogP contribution in [0.2, 0.25) is 0 Å². The molecule has 0 aliphatic carbocycles. The molecule has 0 N–H and O–H groups in total. The number of aromatic nitrogens is 1. The first kappa shape index (κ1) is 21.7. The molecule has 2 aromatic carbocycles. The predicted molar refractivity (Wildman–Crippen MR) is 121 cm³/mol. The molecule has 1 aromatic heterocycles. The fourth-order valence-corrected chi connectivity index (χ4v) is 4.50. The number of anilines is 1. The molecular formula is C24H22N2O5S. The van der Waals surface area contributed by atoms with E-state index in [0.717, 1.165) is 16.1 Å². The molecule has 32 heavy (non-hydrogen) atoms. The number of aryl methyl sites for hydroxylation is 1. The van der Waals surface area contributed by atoms with Crippen LogP contribution in [-0.4, -0.2) is 42.9 Å². The Morgan fingerprint density at radius 3 is 2.69 bits per heavy atom. The number of ketones is 1. The molecule has 0 saturated carbocycles. The van der Waals surface area contributed by atoms with Gasteiger partial charge in [-0.2, -0.15) is 0 Å². The second kappa shape index (κ2) is 9.32. The number of methoxy groups -OCH3 is 1. The normalized spacial score (nSPS) is 15.6. The predicted octanol–water partition coefficient (Wildman–Crippen LogP) is 3.91. The molecule has 1 fully saturated rings. The summed E-state index contributed by atoms with van der Waals surface area (Å²) >= 11 is 1.42. The van der Waals surface area contributed by atoms with Crippen LogP contribution >= 0.6 is 11.3 Å². The second-order valence-corrected chi connectivity index (χ2v) is 8.62. The van der Waals surface area contributed by atoms with Gasteiger partial charge in [-0.05, 0) is 19.1 Å². The van der Waals surface area contributed by atoms with Crippen LogP contribution in [0.5, 0.6) is 5.75 Å². The molecule has 0 unspecified atom stereocenters. The van der Waals surface area contributed by atoms with E-state index in [9.17, 15) is 14.4 Å². The molecular weight excluding hydrogens is 428 g/mol. The smallest absolute Gasteiger partial charge is 0.311 e. The zero-order valence-electron chi connectivity index (χ0n) is 17.7. The maximum Gasteiger partial charge on any atom is 0.311 e. The van der Waals surface area contributed by atoms with E-state index in [0.29, 0.717) is 16.4 Å². The van der Waals surface area contributed by atoms with Gasteiger partial charge >= 0.3 is 5.97 Å². The van der Waals surface area contributed by atoms with E-state index in [1.165, 1.54) is 23.3 Å². The van der Waals surface area contributed by atoms with Crippen LogP contribution in [0.3, 0.4) is 0 Å². The van der Waals surface area contributed by atoms with Crippen LogP contribution < -0.4 is 9.64 Å². The number of thiazole rings is 1. The van der Waals surface area contributed by atoms with Crippen LogP contribution in [0, 0.1) is 12.8 Å². The number of Topliss-reactive ketones (excluding diaryl/α,β-unsaturated/α-hetero) is 1. The van der Waals surface area contributed by atoms with Crippen molar-refractivity contribution in [2.45, 2.75) is 13.3 Å². The Balaban J connectivity index is 1.39. The molecule has 1 amide bonds. The highest BCUT2D eigenvalue weighted by Crippen LogP contribution is 2.35. The summed E-state index contributed by atoms with van der Waals surface area (Å²) in [5.74, 6) is -1.16. The second-order valence-electron chi connectivity index (χ2n) is 7.44. The van der Waals surface area contributed by atoms with Crippen molar-refractivity contribution < 1.29 is 23.9 Å². The third-order valence-electron chi connectivity index (χ3n) is 5.26. The molecule has 0 bridgehead atoms. The minimum Gasteiger partial charge on any atom is -0.497 e. The molecule has 7 nitrogen and oxygen atoms in total. The Labute approximate surface area is 189 Å². The van der Waals surface area contributed by atoms with Crippen LogP contribution in [-0.2, 0) is 14.3 Å². The van der Waals surface area contributed by atoms with Gasteiger partial charge in [-0.15, -0.1) is 11.3 Å². The molecule has 1 atom stereocenters. The average molecular weight is 451 g/mol. The number of esters is 1. The van der Waals surface area contributed by atoms with E-state index >= 15 is 0 Å². The molecule has 0 radical (unpaired) electrons. The summed E-state index contributed by atoms with van der Waals surface area (Å²) in [5.41, 5.74) is 2.20. The van der Waals surface area contributed by atoms with Crippen molar-refractivity contribution >= 4 is 34.1 Å². The highest BCUT2D eigenvalue weighted by Gasteiger charge is 2.38. The van der Waals surface area contributed by atoms with Crippen molar-refractivity contribution in [3.63, 3.8) is 0 Å². The first-order valence-electron chi connectivity index (χ1n) is 10.1. The minimum atomic E-state index is -0.634. The molecule has 3 aromatic rings. The van der Waals surface area contributed by atoms with Crippen LogP contribution in [0.25, 0.3) is 11.3 Å².